The van der Waals surface area contributed by atoms with Crippen molar-refractivity contribution in [1.29, 1.82) is 0 Å². The Morgan fingerprint density at radius 1 is 1.08 bits per heavy atom. The van der Waals surface area contributed by atoms with Gasteiger partial charge in [0.15, 0.2) is 11.5 Å². The first-order chi connectivity index (χ1) is 11.8. The topological polar surface area (TPSA) is 34.1 Å². The van der Waals surface area contributed by atoms with E-state index in [2.05, 4.69) is 48.5 Å². The minimum absolute atomic E-state index is 0.264. The first-order valence-electron chi connectivity index (χ1n) is 8.60. The zero-order valence-electron chi connectivity index (χ0n) is 13.7. The van der Waals surface area contributed by atoms with Crippen LogP contribution >= 0.6 is 0 Å². The van der Waals surface area contributed by atoms with E-state index in [1.54, 1.807) is 0 Å². The summed E-state index contributed by atoms with van der Waals surface area (Å²) in [6, 6.07) is 15.3. The van der Waals surface area contributed by atoms with Crippen LogP contribution in [0.5, 0.6) is 11.5 Å². The van der Waals surface area contributed by atoms with Crippen LogP contribution in [0.3, 0.4) is 0 Å². The molecule has 0 fully saturated rings. The second kappa shape index (κ2) is 5.26. The first-order valence-corrected chi connectivity index (χ1v) is 8.60. The number of fused-ring (bicyclic) bond motifs is 4. The Morgan fingerprint density at radius 2 is 1.96 bits per heavy atom. The predicted octanol–water partition coefficient (Wildman–Crippen LogP) is 3.76. The van der Waals surface area contributed by atoms with E-state index < -0.39 is 0 Å². The van der Waals surface area contributed by atoms with Crippen molar-refractivity contribution in [2.75, 3.05) is 13.8 Å². The third-order valence-electron chi connectivity index (χ3n) is 5.39. The van der Waals surface area contributed by atoms with Crippen molar-refractivity contribution in [2.24, 2.45) is 11.0 Å². The normalized spacial score (nSPS) is 24.2. The third-order valence-corrected chi connectivity index (χ3v) is 5.39. The zero-order chi connectivity index (χ0) is 16.1. The van der Waals surface area contributed by atoms with Crippen LogP contribution in [0, 0.1) is 5.92 Å². The number of hydrogen-bond acceptors (Lipinski definition) is 4. The standard InChI is InChI=1S/C20H20N2O2/c1-22-20(14-9-10-17-18(11-14)24-12-23-17)16-8-4-6-13-5-2-3-7-15(13)19(16)21-22/h2-3,5,7,9-11,16,20H,4,6,8,12H2,1H3/t16-,20-/m0/s1. The Balaban J connectivity index is 1.56. The quantitative estimate of drug-likeness (QED) is 0.802. The molecule has 2 aromatic carbocycles. The molecule has 2 aromatic rings. The number of ether oxygens (including phenoxy) is 2. The van der Waals surface area contributed by atoms with E-state index in [1.165, 1.54) is 28.8 Å². The molecule has 0 spiro atoms. The molecular weight excluding hydrogens is 300 g/mol. The van der Waals surface area contributed by atoms with Gasteiger partial charge in [0.25, 0.3) is 0 Å². The predicted molar refractivity (Wildman–Crippen MR) is 92.5 cm³/mol. The molecule has 0 aromatic heterocycles. The lowest BCUT2D eigenvalue weighted by Crippen LogP contribution is -2.23. The summed E-state index contributed by atoms with van der Waals surface area (Å²) >= 11 is 0. The molecule has 0 saturated carbocycles. The van der Waals surface area contributed by atoms with Crippen LogP contribution in [0.1, 0.15) is 35.6 Å². The van der Waals surface area contributed by atoms with Gasteiger partial charge in [-0.05, 0) is 42.5 Å². The highest BCUT2D eigenvalue weighted by Gasteiger charge is 2.39. The summed E-state index contributed by atoms with van der Waals surface area (Å²) in [6.45, 7) is 0.317. The van der Waals surface area contributed by atoms with Gasteiger partial charge in [0, 0.05) is 18.5 Å². The number of hydrazone groups is 1. The van der Waals surface area contributed by atoms with Gasteiger partial charge in [0.1, 0.15) is 0 Å². The maximum atomic E-state index is 5.57. The Bertz CT molecular complexity index is 830. The Hall–Kier alpha value is -2.49. The molecule has 1 aliphatic carbocycles. The Kier molecular flexibility index (Phi) is 3.05. The highest BCUT2D eigenvalue weighted by molar-refractivity contribution is 6.05. The van der Waals surface area contributed by atoms with Gasteiger partial charge < -0.3 is 9.47 Å². The van der Waals surface area contributed by atoms with Gasteiger partial charge in [0.05, 0.1) is 11.8 Å². The molecule has 2 aliphatic heterocycles. The molecule has 0 saturated heterocycles. The Labute approximate surface area is 141 Å². The average molecular weight is 320 g/mol. The monoisotopic (exact) mass is 320 g/mol. The molecule has 24 heavy (non-hydrogen) atoms. The zero-order valence-corrected chi connectivity index (χ0v) is 13.7. The van der Waals surface area contributed by atoms with Crippen LogP contribution in [0.15, 0.2) is 47.6 Å². The van der Waals surface area contributed by atoms with Gasteiger partial charge in [-0.25, -0.2) is 0 Å². The largest absolute Gasteiger partial charge is 0.454 e. The lowest BCUT2D eigenvalue weighted by molar-refractivity contribution is 0.173. The lowest BCUT2D eigenvalue weighted by atomic mass is 9.85. The van der Waals surface area contributed by atoms with Crippen LogP contribution in [0.4, 0.5) is 0 Å². The van der Waals surface area contributed by atoms with Gasteiger partial charge in [-0.15, -0.1) is 0 Å². The van der Waals surface area contributed by atoms with E-state index in [1.807, 2.05) is 6.07 Å². The van der Waals surface area contributed by atoms with Crippen molar-refractivity contribution in [2.45, 2.75) is 25.3 Å². The van der Waals surface area contributed by atoms with Gasteiger partial charge >= 0.3 is 0 Å². The van der Waals surface area contributed by atoms with Crippen LogP contribution in [-0.4, -0.2) is 24.6 Å². The summed E-state index contributed by atoms with van der Waals surface area (Å²) in [5.41, 5.74) is 5.26. The van der Waals surface area contributed by atoms with E-state index in [-0.39, 0.29) is 6.04 Å². The van der Waals surface area contributed by atoms with Crippen molar-refractivity contribution in [3.63, 3.8) is 0 Å². The number of benzene rings is 2. The second-order valence-corrected chi connectivity index (χ2v) is 6.77. The minimum atomic E-state index is 0.264. The summed E-state index contributed by atoms with van der Waals surface area (Å²) in [4.78, 5) is 0. The highest BCUT2D eigenvalue weighted by atomic mass is 16.7. The van der Waals surface area contributed by atoms with Crippen molar-refractivity contribution >= 4 is 5.71 Å². The van der Waals surface area contributed by atoms with Gasteiger partial charge in [-0.1, -0.05) is 30.3 Å². The van der Waals surface area contributed by atoms with Crippen LogP contribution in [-0.2, 0) is 6.42 Å². The smallest absolute Gasteiger partial charge is 0.231 e. The minimum Gasteiger partial charge on any atom is -0.454 e. The highest BCUT2D eigenvalue weighted by Crippen LogP contribution is 2.44. The third kappa shape index (κ3) is 2.02. The van der Waals surface area contributed by atoms with Crippen molar-refractivity contribution in [3.05, 3.63) is 59.2 Å². The Morgan fingerprint density at radius 3 is 2.92 bits per heavy atom. The molecule has 2 heterocycles. The van der Waals surface area contributed by atoms with Gasteiger partial charge in [-0.2, -0.15) is 5.10 Å². The molecule has 0 N–H and O–H groups in total. The maximum Gasteiger partial charge on any atom is 0.231 e. The van der Waals surface area contributed by atoms with E-state index in [0.717, 1.165) is 24.3 Å². The second-order valence-electron chi connectivity index (χ2n) is 6.77. The summed E-state index contributed by atoms with van der Waals surface area (Å²) in [5.74, 6) is 2.12. The summed E-state index contributed by atoms with van der Waals surface area (Å²) in [6.07, 6.45) is 3.51. The van der Waals surface area contributed by atoms with E-state index >= 15 is 0 Å². The molecule has 0 bridgehead atoms. The SMILES string of the molecule is CN1N=C2c3ccccc3CCC[C@@H]2[C@@H]1c1ccc2c(c1)OCO2. The molecule has 4 heteroatoms. The van der Waals surface area contributed by atoms with Crippen LogP contribution in [0.2, 0.25) is 0 Å². The van der Waals surface area contributed by atoms with E-state index in [4.69, 9.17) is 14.6 Å². The van der Waals surface area contributed by atoms with Crippen molar-refractivity contribution < 1.29 is 9.47 Å². The summed E-state index contributed by atoms with van der Waals surface area (Å²) < 4.78 is 11.0. The maximum absolute atomic E-state index is 5.57. The molecule has 2 atom stereocenters. The number of rotatable bonds is 1. The summed E-state index contributed by atoms with van der Waals surface area (Å²) in [7, 11) is 2.08. The molecule has 0 radical (unpaired) electrons. The molecule has 5 rings (SSSR count). The van der Waals surface area contributed by atoms with E-state index in [0.29, 0.717) is 12.7 Å². The average Bonchev–Trinajstić information content (AvgIpc) is 3.14. The fourth-order valence-corrected chi connectivity index (χ4v) is 4.31. The molecule has 0 unspecified atom stereocenters. The summed E-state index contributed by atoms with van der Waals surface area (Å²) in [5, 5.41) is 7.07. The molecule has 122 valence electrons. The van der Waals surface area contributed by atoms with Crippen LogP contribution in [0.25, 0.3) is 0 Å². The van der Waals surface area contributed by atoms with Crippen molar-refractivity contribution in [3.8, 4) is 11.5 Å². The number of hydrogen-bond donors (Lipinski definition) is 0. The number of nitrogens with zero attached hydrogens (tertiary/aromatic N) is 2. The fourth-order valence-electron chi connectivity index (χ4n) is 4.31. The van der Waals surface area contributed by atoms with Gasteiger partial charge in [0.2, 0.25) is 6.79 Å². The first kappa shape index (κ1) is 13.9. The fraction of sp³-hybridized carbons (Fsp3) is 0.350. The van der Waals surface area contributed by atoms with Crippen LogP contribution < -0.4 is 9.47 Å². The van der Waals surface area contributed by atoms with Gasteiger partial charge in [-0.3, -0.25) is 5.01 Å². The molecule has 0 amide bonds. The lowest BCUT2D eigenvalue weighted by Gasteiger charge is -2.25. The molecule has 3 aliphatic rings. The van der Waals surface area contributed by atoms with Crippen molar-refractivity contribution in [1.82, 2.24) is 5.01 Å². The molecule has 4 nitrogen and oxygen atoms in total. The molecular formula is C20H20N2O2. The number of aryl methyl sites for hydroxylation is 1. The van der Waals surface area contributed by atoms with E-state index in [9.17, 15) is 0 Å².